The van der Waals surface area contributed by atoms with Crippen LogP contribution in [0.4, 0.5) is 4.79 Å². The number of nitrogens with zero attached hydrogens (tertiary/aromatic N) is 2. The van der Waals surface area contributed by atoms with Gasteiger partial charge in [0.15, 0.2) is 0 Å². The van der Waals surface area contributed by atoms with Crippen molar-refractivity contribution in [2.24, 2.45) is 11.8 Å². The van der Waals surface area contributed by atoms with Gasteiger partial charge >= 0.3 is 6.09 Å². The van der Waals surface area contributed by atoms with Crippen molar-refractivity contribution in [2.75, 3.05) is 19.7 Å². The highest BCUT2D eigenvalue weighted by atomic mass is 16.5. The van der Waals surface area contributed by atoms with E-state index in [-0.39, 0.29) is 50.2 Å². The molecule has 2 heterocycles. The smallest absolute Gasteiger partial charge is 0.407 e. The van der Waals surface area contributed by atoms with Crippen molar-refractivity contribution in [3.63, 3.8) is 0 Å². The number of hydrogen-bond donors (Lipinski definition) is 5. The van der Waals surface area contributed by atoms with E-state index in [9.17, 15) is 33.9 Å². The molecule has 5 N–H and O–H groups in total. The number of rotatable bonds is 19. The molecule has 1 saturated carbocycles. The summed E-state index contributed by atoms with van der Waals surface area (Å²) in [6.07, 6.45) is 5.28. The monoisotopic (exact) mass is 826 g/mol. The van der Waals surface area contributed by atoms with Crippen molar-refractivity contribution in [1.82, 2.24) is 31.2 Å². The molecule has 0 spiro atoms. The number of ketones is 1. The maximum absolute atomic E-state index is 14.6. The first-order chi connectivity index (χ1) is 28.9. The molecule has 3 unspecified atom stereocenters. The number of benzene rings is 2. The first-order valence-corrected chi connectivity index (χ1v) is 20.9. The van der Waals surface area contributed by atoms with Crippen LogP contribution < -0.4 is 21.3 Å². The quantitative estimate of drug-likeness (QED) is 0.107. The highest BCUT2D eigenvalue weighted by Gasteiger charge is 2.45. The molecule has 322 valence electrons. The Balaban J connectivity index is 1.28. The Morgan fingerprint density at radius 3 is 2.27 bits per heavy atom. The molecule has 15 nitrogen and oxygen atoms in total. The Bertz CT molecular complexity index is 1890. The van der Waals surface area contributed by atoms with Crippen molar-refractivity contribution >= 4 is 35.5 Å². The summed E-state index contributed by atoms with van der Waals surface area (Å²) in [4.78, 5) is 87.6. The molecular weight excluding hydrogens is 769 g/mol. The lowest BCUT2D eigenvalue weighted by molar-refractivity contribution is -0.143. The summed E-state index contributed by atoms with van der Waals surface area (Å²) >= 11 is 0. The number of alkyl carbamates (subject to hydrolysis) is 1. The van der Waals surface area contributed by atoms with Crippen molar-refractivity contribution in [3.8, 4) is 5.75 Å². The largest absolute Gasteiger partial charge is 0.508 e. The lowest BCUT2D eigenvalue weighted by Gasteiger charge is -2.34. The summed E-state index contributed by atoms with van der Waals surface area (Å²) in [7, 11) is 0. The summed E-state index contributed by atoms with van der Waals surface area (Å²) in [5.74, 6) is -3.71. The van der Waals surface area contributed by atoms with Crippen LogP contribution in [0.25, 0.3) is 0 Å². The van der Waals surface area contributed by atoms with Crippen molar-refractivity contribution < 1.29 is 43.3 Å². The number of carbonyl (C=O) groups excluding carboxylic acids is 6. The number of likely N-dealkylation sites (tertiary alicyclic amines) is 1. The number of aromatic nitrogens is 1. The molecule has 1 aliphatic heterocycles. The van der Waals surface area contributed by atoms with Crippen LogP contribution in [-0.4, -0.2) is 94.4 Å². The van der Waals surface area contributed by atoms with Crippen LogP contribution >= 0.6 is 0 Å². The number of Topliss-reactive ketones (excluding diaryl/α,β-unsaturated/α-hetero) is 1. The standard InChI is InChI=1S/C45H58N6O9/c1-4-13-36(41(54)43(56)47-25-38(53)49-39(35-18-11-12-23-46-35)32-19-21-33(52)22-20-32)48-42(55)37-24-34(59-28-30-14-7-5-8-15-30)26-51(37)44(57)40(31-16-9-6-10-17-31)50-45(58)60-27-29(2)3/h5,7-8,11-12,14-15,18-23,29,31,34,36-37,39-40,52H,4,6,9-10,13,16-17,24-28H2,1-3H3,(H,47,56)(H,48,55)(H,49,53)(H,50,58)/t34-,36?,37+,39?,40?/m1/s1. The SMILES string of the molecule is CCCC(NC(=O)[C@@H]1C[C@@H](OCc2ccccc2)CN1C(=O)C(NC(=O)OCC(C)C)C1CCCCC1)C(=O)C(=O)NCC(=O)NC(c1ccc(O)cc1)c1ccccn1. The minimum absolute atomic E-state index is 0.0487. The summed E-state index contributed by atoms with van der Waals surface area (Å²) in [6, 6.07) is 17.0. The van der Waals surface area contributed by atoms with E-state index < -0.39 is 72.3 Å². The molecule has 5 rings (SSSR count). The molecular formula is C45H58N6O9. The Hall–Kier alpha value is -5.83. The van der Waals surface area contributed by atoms with Crippen LogP contribution in [0, 0.1) is 11.8 Å². The Labute approximate surface area is 351 Å². The predicted octanol–water partition coefficient (Wildman–Crippen LogP) is 4.48. The van der Waals surface area contributed by atoms with E-state index in [1.54, 1.807) is 43.5 Å². The summed E-state index contributed by atoms with van der Waals surface area (Å²) < 4.78 is 11.6. The van der Waals surface area contributed by atoms with Crippen molar-refractivity contribution in [1.29, 1.82) is 0 Å². The van der Waals surface area contributed by atoms with Crippen molar-refractivity contribution in [3.05, 3.63) is 95.8 Å². The minimum atomic E-state index is -1.25. The molecule has 0 radical (unpaired) electrons. The zero-order valence-electron chi connectivity index (χ0n) is 34.6. The first-order valence-electron chi connectivity index (χ1n) is 20.9. The fourth-order valence-corrected chi connectivity index (χ4v) is 7.62. The lowest BCUT2D eigenvalue weighted by Crippen LogP contribution is -2.58. The molecule has 5 amide bonds. The van der Waals surface area contributed by atoms with Gasteiger partial charge in [0.25, 0.3) is 5.91 Å². The number of nitrogens with one attached hydrogen (secondary N) is 4. The molecule has 5 atom stereocenters. The third-order valence-corrected chi connectivity index (χ3v) is 10.7. The van der Waals surface area contributed by atoms with Gasteiger partial charge in [-0.15, -0.1) is 0 Å². The van der Waals surface area contributed by atoms with Gasteiger partial charge in [0.1, 0.15) is 17.8 Å². The van der Waals surface area contributed by atoms with E-state index in [0.29, 0.717) is 17.7 Å². The number of phenols is 1. The van der Waals surface area contributed by atoms with Gasteiger partial charge in [0, 0.05) is 19.2 Å². The molecule has 60 heavy (non-hydrogen) atoms. The van der Waals surface area contributed by atoms with E-state index in [1.165, 1.54) is 17.0 Å². The summed E-state index contributed by atoms with van der Waals surface area (Å²) in [5.41, 5.74) is 2.06. The normalized spacial score (nSPS) is 18.2. The highest BCUT2D eigenvalue weighted by molar-refractivity contribution is 6.38. The third-order valence-electron chi connectivity index (χ3n) is 10.7. The van der Waals surface area contributed by atoms with Gasteiger partial charge in [0.05, 0.1) is 43.6 Å². The van der Waals surface area contributed by atoms with E-state index in [0.717, 1.165) is 37.7 Å². The van der Waals surface area contributed by atoms with Gasteiger partial charge in [-0.2, -0.15) is 0 Å². The van der Waals surface area contributed by atoms with Crippen LogP contribution in [0.15, 0.2) is 79.0 Å². The Morgan fingerprint density at radius 2 is 1.60 bits per heavy atom. The zero-order valence-corrected chi connectivity index (χ0v) is 34.6. The van der Waals surface area contributed by atoms with E-state index in [4.69, 9.17) is 9.47 Å². The number of amides is 5. The molecule has 2 fully saturated rings. The van der Waals surface area contributed by atoms with Crippen LogP contribution in [0.2, 0.25) is 0 Å². The van der Waals surface area contributed by atoms with Gasteiger partial charge in [-0.05, 0) is 66.5 Å². The zero-order chi connectivity index (χ0) is 43.0. The topological polar surface area (TPSA) is 205 Å². The molecule has 1 saturated heterocycles. The number of phenolic OH excluding ortho intramolecular Hbond substituents is 1. The van der Waals surface area contributed by atoms with Crippen LogP contribution in [0.5, 0.6) is 5.75 Å². The summed E-state index contributed by atoms with van der Waals surface area (Å²) in [5, 5.41) is 20.5. The fourth-order valence-electron chi connectivity index (χ4n) is 7.62. The molecule has 2 aromatic carbocycles. The Kier molecular flexibility index (Phi) is 17.0. The second-order valence-electron chi connectivity index (χ2n) is 15.9. The Morgan fingerprint density at radius 1 is 0.883 bits per heavy atom. The molecule has 2 aliphatic rings. The highest BCUT2D eigenvalue weighted by Crippen LogP contribution is 2.31. The molecule has 0 bridgehead atoms. The maximum atomic E-state index is 14.6. The number of pyridine rings is 1. The lowest BCUT2D eigenvalue weighted by atomic mass is 9.83. The average molecular weight is 827 g/mol. The number of ether oxygens (including phenoxy) is 2. The van der Waals surface area contributed by atoms with Gasteiger partial charge < -0.3 is 40.7 Å². The average Bonchev–Trinajstić information content (AvgIpc) is 3.70. The van der Waals surface area contributed by atoms with Gasteiger partial charge in [-0.1, -0.05) is 95.0 Å². The van der Waals surface area contributed by atoms with Gasteiger partial charge in [0.2, 0.25) is 23.5 Å². The predicted molar refractivity (Wildman–Crippen MR) is 222 cm³/mol. The summed E-state index contributed by atoms with van der Waals surface area (Å²) in [6.45, 7) is 5.58. The molecule has 1 aliphatic carbocycles. The molecule has 3 aromatic rings. The number of carbonyl (C=O) groups is 6. The maximum Gasteiger partial charge on any atom is 0.407 e. The molecule has 15 heteroatoms. The minimum Gasteiger partial charge on any atom is -0.508 e. The first kappa shape index (κ1) is 45.3. The van der Waals surface area contributed by atoms with E-state index >= 15 is 0 Å². The number of aromatic hydroxyl groups is 1. The van der Waals surface area contributed by atoms with Crippen molar-refractivity contribution in [2.45, 2.75) is 109 Å². The van der Waals surface area contributed by atoms with Crippen LogP contribution in [0.1, 0.15) is 95.0 Å². The second-order valence-corrected chi connectivity index (χ2v) is 15.9. The fraction of sp³-hybridized carbons (Fsp3) is 0.489. The van der Waals surface area contributed by atoms with E-state index in [2.05, 4.69) is 26.3 Å². The number of hydrogen-bond acceptors (Lipinski definition) is 10. The third kappa shape index (κ3) is 13.1. The van der Waals surface area contributed by atoms with Gasteiger partial charge in [-0.3, -0.25) is 29.0 Å². The van der Waals surface area contributed by atoms with Gasteiger partial charge in [-0.25, -0.2) is 4.79 Å². The second kappa shape index (κ2) is 22.5. The van der Waals surface area contributed by atoms with Crippen LogP contribution in [0.3, 0.4) is 0 Å². The van der Waals surface area contributed by atoms with Crippen LogP contribution in [-0.2, 0) is 40.1 Å². The van der Waals surface area contributed by atoms with E-state index in [1.807, 2.05) is 44.2 Å². The molecule has 1 aromatic heterocycles.